The zero-order chi connectivity index (χ0) is 8.54. The van der Waals surface area contributed by atoms with Gasteiger partial charge in [0, 0.05) is 0 Å². The summed E-state index contributed by atoms with van der Waals surface area (Å²) in [5.74, 6) is 0. The number of rotatable bonds is 0. The second kappa shape index (κ2) is 2.63. The summed E-state index contributed by atoms with van der Waals surface area (Å²) in [6.07, 6.45) is 6.84. The molecule has 0 atom stereocenters. The van der Waals surface area contributed by atoms with E-state index in [0.29, 0.717) is 0 Å². The molecule has 0 N–H and O–H groups in total. The molecule has 0 bridgehead atoms. The third kappa shape index (κ3) is 1.84. The molecule has 1 fully saturated rings. The van der Waals surface area contributed by atoms with Gasteiger partial charge in [0.2, 0.25) is 0 Å². The molecule has 1 aliphatic carbocycles. The van der Waals surface area contributed by atoms with Crippen LogP contribution in [0.3, 0.4) is 0 Å². The molecule has 1 nitrogen and oxygen atoms in total. The third-order valence-corrected chi connectivity index (χ3v) is 2.00. The minimum absolute atomic E-state index is 0.0104. The molecule has 0 radical (unpaired) electrons. The highest BCUT2D eigenvalue weighted by Gasteiger charge is 2.48. The lowest BCUT2D eigenvalue weighted by Gasteiger charge is -2.18. The molecule has 0 aromatic rings. The number of ether oxygens (including phenoxy) is 1. The number of hydrogen-bond acceptors (Lipinski definition) is 1. The van der Waals surface area contributed by atoms with Crippen LogP contribution in [0.1, 0.15) is 40.5 Å². The summed E-state index contributed by atoms with van der Waals surface area (Å²) in [5.41, 5.74) is 0.208. The molecular formula is C10H18O. The summed E-state index contributed by atoms with van der Waals surface area (Å²) >= 11 is 0. The molecule has 0 amide bonds. The molecule has 0 aromatic carbocycles. The van der Waals surface area contributed by atoms with E-state index in [1.165, 1.54) is 12.8 Å². The lowest BCUT2D eigenvalue weighted by Crippen LogP contribution is -2.21. The largest absolute Gasteiger partial charge is 0.361 e. The van der Waals surface area contributed by atoms with Gasteiger partial charge in [-0.1, -0.05) is 26.0 Å². The Labute approximate surface area is 69.4 Å². The summed E-state index contributed by atoms with van der Waals surface area (Å²) in [5, 5.41) is 0. The van der Waals surface area contributed by atoms with Crippen molar-refractivity contribution in [1.29, 1.82) is 0 Å². The summed E-state index contributed by atoms with van der Waals surface area (Å²) in [4.78, 5) is 0. The fraction of sp³-hybridized carbons (Fsp3) is 0.800. The number of hydrogen-bond donors (Lipinski definition) is 0. The van der Waals surface area contributed by atoms with Gasteiger partial charge < -0.3 is 4.74 Å². The van der Waals surface area contributed by atoms with Crippen molar-refractivity contribution in [2.45, 2.75) is 51.7 Å². The van der Waals surface area contributed by atoms with E-state index in [-0.39, 0.29) is 11.2 Å². The first-order chi connectivity index (χ1) is 5.12. The maximum absolute atomic E-state index is 5.74. The molecule has 1 saturated carbocycles. The van der Waals surface area contributed by atoms with Crippen LogP contribution in [-0.4, -0.2) is 11.2 Å². The van der Waals surface area contributed by atoms with Crippen LogP contribution in [0.2, 0.25) is 0 Å². The summed E-state index contributed by atoms with van der Waals surface area (Å²) in [6, 6.07) is 0. The zero-order valence-electron chi connectivity index (χ0n) is 7.98. The van der Waals surface area contributed by atoms with Gasteiger partial charge in [-0.25, -0.2) is 0 Å². The van der Waals surface area contributed by atoms with Crippen molar-refractivity contribution in [3.63, 3.8) is 0 Å². The van der Waals surface area contributed by atoms with E-state index in [0.717, 1.165) is 0 Å². The molecular weight excluding hydrogens is 136 g/mol. The van der Waals surface area contributed by atoms with Gasteiger partial charge >= 0.3 is 0 Å². The maximum Gasteiger partial charge on any atom is 0.0877 e. The lowest BCUT2D eigenvalue weighted by molar-refractivity contribution is -0.0128. The van der Waals surface area contributed by atoms with Gasteiger partial charge in [0.05, 0.1) is 11.2 Å². The van der Waals surface area contributed by atoms with Crippen molar-refractivity contribution in [3.05, 3.63) is 12.2 Å². The maximum atomic E-state index is 5.74. The summed E-state index contributed by atoms with van der Waals surface area (Å²) in [7, 11) is 0. The average Bonchev–Trinajstić information content (AvgIpc) is 2.62. The first kappa shape index (κ1) is 8.79. The minimum Gasteiger partial charge on any atom is -0.361 e. The van der Waals surface area contributed by atoms with Gasteiger partial charge in [-0.2, -0.15) is 0 Å². The SMILES string of the molecule is CC.CC1(C)C=CC2(CC2)O1. The normalized spacial score (nSPS) is 28.0. The Balaban J connectivity index is 0.000000281. The molecule has 0 unspecified atom stereocenters. The van der Waals surface area contributed by atoms with Crippen LogP contribution in [0.25, 0.3) is 0 Å². The van der Waals surface area contributed by atoms with Crippen molar-refractivity contribution < 1.29 is 4.74 Å². The highest BCUT2D eigenvalue weighted by Crippen LogP contribution is 2.48. The topological polar surface area (TPSA) is 9.23 Å². The van der Waals surface area contributed by atoms with Gasteiger partial charge in [-0.15, -0.1) is 0 Å². The Morgan fingerprint density at radius 1 is 1.09 bits per heavy atom. The van der Waals surface area contributed by atoms with Crippen LogP contribution in [0.4, 0.5) is 0 Å². The Morgan fingerprint density at radius 3 is 1.82 bits per heavy atom. The van der Waals surface area contributed by atoms with Crippen molar-refractivity contribution in [2.24, 2.45) is 0 Å². The van der Waals surface area contributed by atoms with Gasteiger partial charge in [0.15, 0.2) is 0 Å². The van der Waals surface area contributed by atoms with Crippen LogP contribution >= 0.6 is 0 Å². The van der Waals surface area contributed by atoms with E-state index in [1.54, 1.807) is 0 Å². The van der Waals surface area contributed by atoms with E-state index in [9.17, 15) is 0 Å². The van der Waals surface area contributed by atoms with Crippen LogP contribution in [0, 0.1) is 0 Å². The van der Waals surface area contributed by atoms with Crippen LogP contribution in [0.15, 0.2) is 12.2 Å². The first-order valence-electron chi connectivity index (χ1n) is 4.53. The Kier molecular flexibility index (Phi) is 2.10. The summed E-state index contributed by atoms with van der Waals surface area (Å²) in [6.45, 7) is 8.22. The lowest BCUT2D eigenvalue weighted by atomic mass is 10.1. The molecule has 1 heterocycles. The zero-order valence-corrected chi connectivity index (χ0v) is 7.98. The van der Waals surface area contributed by atoms with Crippen LogP contribution in [-0.2, 0) is 4.74 Å². The van der Waals surface area contributed by atoms with Crippen molar-refractivity contribution >= 4 is 0 Å². The second-order valence-corrected chi connectivity index (χ2v) is 3.60. The molecule has 1 heteroatoms. The fourth-order valence-electron chi connectivity index (χ4n) is 1.34. The average molecular weight is 154 g/mol. The molecule has 2 rings (SSSR count). The van der Waals surface area contributed by atoms with E-state index in [2.05, 4.69) is 26.0 Å². The monoisotopic (exact) mass is 154 g/mol. The first-order valence-corrected chi connectivity index (χ1v) is 4.53. The van der Waals surface area contributed by atoms with E-state index in [1.807, 2.05) is 13.8 Å². The van der Waals surface area contributed by atoms with E-state index >= 15 is 0 Å². The Bertz CT molecular complexity index is 158. The third-order valence-electron chi connectivity index (χ3n) is 2.00. The van der Waals surface area contributed by atoms with Gasteiger partial charge in [-0.3, -0.25) is 0 Å². The van der Waals surface area contributed by atoms with Crippen LogP contribution in [0.5, 0.6) is 0 Å². The van der Waals surface area contributed by atoms with E-state index < -0.39 is 0 Å². The molecule has 64 valence electrons. The highest BCUT2D eigenvalue weighted by atomic mass is 16.5. The standard InChI is InChI=1S/C8H12O.C2H6/c1-7(2)3-4-8(9-7)5-6-8;1-2/h3-4H,5-6H2,1-2H3;1-2H3. The quantitative estimate of drug-likeness (QED) is 0.487. The second-order valence-electron chi connectivity index (χ2n) is 3.60. The predicted molar refractivity (Wildman–Crippen MR) is 47.6 cm³/mol. The van der Waals surface area contributed by atoms with Crippen LogP contribution < -0.4 is 0 Å². The van der Waals surface area contributed by atoms with Gasteiger partial charge in [0.25, 0.3) is 0 Å². The van der Waals surface area contributed by atoms with E-state index in [4.69, 9.17) is 4.74 Å². The molecule has 11 heavy (non-hydrogen) atoms. The van der Waals surface area contributed by atoms with Crippen molar-refractivity contribution in [2.75, 3.05) is 0 Å². The molecule has 0 aromatic heterocycles. The molecule has 1 aliphatic heterocycles. The molecule has 1 spiro atoms. The predicted octanol–water partition coefficient (Wildman–Crippen LogP) is 2.91. The Morgan fingerprint density at radius 2 is 1.64 bits per heavy atom. The highest BCUT2D eigenvalue weighted by molar-refractivity contribution is 5.22. The van der Waals surface area contributed by atoms with Crippen molar-refractivity contribution in [1.82, 2.24) is 0 Å². The van der Waals surface area contributed by atoms with Gasteiger partial charge in [-0.05, 0) is 26.7 Å². The molecule has 0 saturated heterocycles. The molecule has 2 aliphatic rings. The smallest absolute Gasteiger partial charge is 0.0877 e. The Hall–Kier alpha value is -0.300. The summed E-state index contributed by atoms with van der Waals surface area (Å²) < 4.78 is 5.74. The van der Waals surface area contributed by atoms with Gasteiger partial charge in [0.1, 0.15) is 0 Å². The fourth-order valence-corrected chi connectivity index (χ4v) is 1.34. The van der Waals surface area contributed by atoms with Crippen molar-refractivity contribution in [3.8, 4) is 0 Å². The minimum atomic E-state index is 0.0104.